The van der Waals surface area contributed by atoms with Crippen molar-refractivity contribution in [2.24, 2.45) is 11.3 Å². The van der Waals surface area contributed by atoms with Crippen LogP contribution >= 0.6 is 0 Å². The summed E-state index contributed by atoms with van der Waals surface area (Å²) < 4.78 is 0. The Morgan fingerprint density at radius 2 is 1.81 bits per heavy atom. The fraction of sp³-hybridized carbons (Fsp3) is 0.565. The zero-order chi connectivity index (χ0) is 20.1. The summed E-state index contributed by atoms with van der Waals surface area (Å²) in [5.41, 5.74) is 1.67. The first-order valence-electron chi connectivity index (χ1n) is 9.94. The SMILES string of the molecule is CCC(=O)C1CC=CCC1(C)C(=O)NCc1cccc(CNC(C)(C)C)c1. The van der Waals surface area contributed by atoms with Crippen LogP contribution in [-0.2, 0) is 22.7 Å². The summed E-state index contributed by atoms with van der Waals surface area (Å²) in [5, 5.41) is 6.55. The van der Waals surface area contributed by atoms with Gasteiger partial charge in [0, 0.05) is 31.0 Å². The first-order chi connectivity index (χ1) is 12.7. The van der Waals surface area contributed by atoms with Crippen molar-refractivity contribution in [1.82, 2.24) is 10.6 Å². The Bertz CT molecular complexity index is 703. The summed E-state index contributed by atoms with van der Waals surface area (Å²) in [4.78, 5) is 25.3. The van der Waals surface area contributed by atoms with Gasteiger partial charge >= 0.3 is 0 Å². The first-order valence-corrected chi connectivity index (χ1v) is 9.94. The number of nitrogens with one attached hydrogen (secondary N) is 2. The van der Waals surface area contributed by atoms with Crippen molar-refractivity contribution in [3.8, 4) is 0 Å². The van der Waals surface area contributed by atoms with Gasteiger partial charge in [0.1, 0.15) is 5.78 Å². The number of rotatable bonds is 7. The number of allylic oxidation sites excluding steroid dienone is 2. The maximum absolute atomic E-state index is 13.0. The Kier molecular flexibility index (Phi) is 6.99. The molecule has 0 aromatic heterocycles. The maximum Gasteiger partial charge on any atom is 0.227 e. The zero-order valence-corrected chi connectivity index (χ0v) is 17.4. The minimum Gasteiger partial charge on any atom is -0.352 e. The quantitative estimate of drug-likeness (QED) is 0.709. The van der Waals surface area contributed by atoms with E-state index in [0.29, 0.717) is 25.8 Å². The highest BCUT2D eigenvalue weighted by Gasteiger charge is 2.44. The summed E-state index contributed by atoms with van der Waals surface area (Å²) in [6, 6.07) is 8.26. The van der Waals surface area contributed by atoms with Crippen LogP contribution in [0.4, 0.5) is 0 Å². The molecular formula is C23H34N2O2. The average molecular weight is 371 g/mol. The fourth-order valence-corrected chi connectivity index (χ4v) is 3.55. The minimum absolute atomic E-state index is 0.0307. The van der Waals surface area contributed by atoms with E-state index in [2.05, 4.69) is 43.5 Å². The molecule has 1 aliphatic rings. The lowest BCUT2D eigenvalue weighted by atomic mass is 9.67. The first kappa shape index (κ1) is 21.4. The normalized spacial score (nSPS) is 22.5. The van der Waals surface area contributed by atoms with E-state index in [4.69, 9.17) is 0 Å². The summed E-state index contributed by atoms with van der Waals surface area (Å²) in [5.74, 6) is -0.0843. The Morgan fingerprint density at radius 3 is 2.44 bits per heavy atom. The third-order valence-corrected chi connectivity index (χ3v) is 5.37. The number of ketones is 1. The van der Waals surface area contributed by atoms with E-state index in [0.717, 1.165) is 12.1 Å². The molecule has 0 bridgehead atoms. The highest BCUT2D eigenvalue weighted by atomic mass is 16.2. The lowest BCUT2D eigenvalue weighted by Crippen LogP contribution is -2.47. The standard InChI is InChI=1S/C23H34N2O2/c1-6-20(26)19-12-7-8-13-23(19,5)21(27)24-15-17-10-9-11-18(14-17)16-25-22(2,3)4/h7-11,14,19,25H,6,12-13,15-16H2,1-5H3,(H,24,27). The van der Waals surface area contributed by atoms with Gasteiger partial charge in [-0.2, -0.15) is 0 Å². The van der Waals surface area contributed by atoms with Crippen molar-refractivity contribution in [2.45, 2.75) is 72.5 Å². The van der Waals surface area contributed by atoms with Gasteiger partial charge in [0.25, 0.3) is 0 Å². The predicted octanol–water partition coefficient (Wildman–Crippen LogP) is 4.14. The second-order valence-electron chi connectivity index (χ2n) is 8.81. The van der Waals surface area contributed by atoms with E-state index in [1.807, 2.05) is 38.1 Å². The highest BCUT2D eigenvalue weighted by molar-refractivity contribution is 5.91. The molecule has 2 atom stereocenters. The average Bonchev–Trinajstić information content (AvgIpc) is 2.64. The van der Waals surface area contributed by atoms with E-state index in [9.17, 15) is 9.59 Å². The fourth-order valence-electron chi connectivity index (χ4n) is 3.55. The second-order valence-corrected chi connectivity index (χ2v) is 8.81. The Hall–Kier alpha value is -1.94. The number of hydrogen-bond acceptors (Lipinski definition) is 3. The lowest BCUT2D eigenvalue weighted by molar-refractivity contribution is -0.140. The summed E-state index contributed by atoms with van der Waals surface area (Å²) >= 11 is 0. The van der Waals surface area contributed by atoms with Crippen molar-refractivity contribution in [1.29, 1.82) is 0 Å². The van der Waals surface area contributed by atoms with Gasteiger partial charge in [0.15, 0.2) is 0 Å². The van der Waals surface area contributed by atoms with Crippen molar-refractivity contribution in [2.75, 3.05) is 0 Å². The Morgan fingerprint density at radius 1 is 1.15 bits per heavy atom. The van der Waals surface area contributed by atoms with Gasteiger partial charge in [0.05, 0.1) is 5.41 Å². The van der Waals surface area contributed by atoms with Crippen LogP contribution in [0, 0.1) is 11.3 Å². The van der Waals surface area contributed by atoms with Gasteiger partial charge in [-0.25, -0.2) is 0 Å². The summed E-state index contributed by atoms with van der Waals surface area (Å²) in [7, 11) is 0. The van der Waals surface area contributed by atoms with Gasteiger partial charge in [0.2, 0.25) is 5.91 Å². The predicted molar refractivity (Wildman–Crippen MR) is 110 cm³/mol. The number of hydrogen-bond donors (Lipinski definition) is 2. The largest absolute Gasteiger partial charge is 0.352 e. The topological polar surface area (TPSA) is 58.2 Å². The molecule has 1 aliphatic carbocycles. The summed E-state index contributed by atoms with van der Waals surface area (Å²) in [6.45, 7) is 11.5. The van der Waals surface area contributed by atoms with Crippen molar-refractivity contribution in [3.63, 3.8) is 0 Å². The van der Waals surface area contributed by atoms with Gasteiger partial charge in [-0.05, 0) is 51.7 Å². The molecule has 0 saturated heterocycles. The van der Waals surface area contributed by atoms with E-state index >= 15 is 0 Å². The van der Waals surface area contributed by atoms with Crippen LogP contribution in [0.2, 0.25) is 0 Å². The third kappa shape index (κ3) is 5.77. The molecule has 0 fully saturated rings. The van der Waals surface area contributed by atoms with Crippen molar-refractivity contribution >= 4 is 11.7 Å². The molecule has 0 saturated carbocycles. The third-order valence-electron chi connectivity index (χ3n) is 5.37. The molecule has 2 N–H and O–H groups in total. The van der Waals surface area contributed by atoms with E-state index in [-0.39, 0.29) is 23.1 Å². The minimum atomic E-state index is -0.659. The number of benzene rings is 1. The van der Waals surface area contributed by atoms with Gasteiger partial charge < -0.3 is 10.6 Å². The van der Waals surface area contributed by atoms with Crippen LogP contribution in [0.25, 0.3) is 0 Å². The molecule has 4 nitrogen and oxygen atoms in total. The van der Waals surface area contributed by atoms with Crippen molar-refractivity contribution in [3.05, 3.63) is 47.5 Å². The van der Waals surface area contributed by atoms with Gasteiger partial charge in [-0.1, -0.05) is 43.3 Å². The molecule has 0 spiro atoms. The Balaban J connectivity index is 2.02. The highest BCUT2D eigenvalue weighted by Crippen LogP contribution is 2.39. The molecule has 4 heteroatoms. The second kappa shape index (κ2) is 8.83. The van der Waals surface area contributed by atoms with Crippen LogP contribution in [0.15, 0.2) is 36.4 Å². The number of amides is 1. The van der Waals surface area contributed by atoms with E-state index in [1.165, 1.54) is 5.56 Å². The van der Waals surface area contributed by atoms with E-state index in [1.54, 1.807) is 0 Å². The number of carbonyl (C=O) groups is 2. The molecule has 0 heterocycles. The smallest absolute Gasteiger partial charge is 0.227 e. The van der Waals surface area contributed by atoms with Gasteiger partial charge in [-0.3, -0.25) is 9.59 Å². The molecule has 27 heavy (non-hydrogen) atoms. The molecule has 0 radical (unpaired) electrons. The molecule has 1 aromatic carbocycles. The van der Waals surface area contributed by atoms with E-state index < -0.39 is 5.41 Å². The molecule has 148 valence electrons. The summed E-state index contributed by atoms with van der Waals surface area (Å²) in [6.07, 6.45) is 5.80. The number of Topliss-reactive ketones (excluding diaryl/α,β-unsaturated/α-hetero) is 1. The zero-order valence-electron chi connectivity index (χ0n) is 17.4. The molecular weight excluding hydrogens is 336 g/mol. The van der Waals surface area contributed by atoms with Crippen LogP contribution in [0.5, 0.6) is 0 Å². The van der Waals surface area contributed by atoms with Crippen LogP contribution in [0.1, 0.15) is 65.0 Å². The maximum atomic E-state index is 13.0. The molecule has 2 unspecified atom stereocenters. The van der Waals surface area contributed by atoms with Crippen molar-refractivity contribution < 1.29 is 9.59 Å². The number of carbonyl (C=O) groups excluding carboxylic acids is 2. The molecule has 1 aromatic rings. The molecule has 1 amide bonds. The van der Waals surface area contributed by atoms with Crippen LogP contribution in [-0.4, -0.2) is 17.2 Å². The monoisotopic (exact) mass is 370 g/mol. The van der Waals surface area contributed by atoms with Crippen LogP contribution in [0.3, 0.4) is 0 Å². The molecule has 0 aliphatic heterocycles. The lowest BCUT2D eigenvalue weighted by Gasteiger charge is -2.36. The van der Waals surface area contributed by atoms with Gasteiger partial charge in [-0.15, -0.1) is 0 Å². The van der Waals surface area contributed by atoms with Crippen LogP contribution < -0.4 is 10.6 Å². The Labute approximate surface area is 163 Å². The molecule has 2 rings (SSSR count).